The fourth-order valence-electron chi connectivity index (χ4n) is 2.20. The number of aromatic nitrogens is 2. The zero-order chi connectivity index (χ0) is 9.22. The van der Waals surface area contributed by atoms with E-state index in [1.807, 2.05) is 0 Å². The summed E-state index contributed by atoms with van der Waals surface area (Å²) in [5.41, 5.74) is 6.54. The molecule has 2 saturated carbocycles. The van der Waals surface area contributed by atoms with Gasteiger partial charge in [0.2, 0.25) is 0 Å². The predicted molar refractivity (Wildman–Crippen MR) is 46.6 cm³/mol. The highest BCUT2D eigenvalue weighted by molar-refractivity contribution is 5.40. The third-order valence-corrected chi connectivity index (χ3v) is 3.47. The lowest BCUT2D eigenvalue weighted by atomic mass is 10.2. The van der Waals surface area contributed by atoms with E-state index >= 15 is 0 Å². The molecule has 2 aliphatic carbocycles. The second kappa shape index (κ2) is 1.89. The molecular formula is C9H12FN3. The molecule has 0 saturated heterocycles. The first-order chi connectivity index (χ1) is 6.14. The molecule has 1 spiro atoms. The molecule has 2 N–H and O–H groups in total. The zero-order valence-electron chi connectivity index (χ0n) is 7.55. The van der Waals surface area contributed by atoms with Crippen molar-refractivity contribution in [2.75, 3.05) is 5.73 Å². The summed E-state index contributed by atoms with van der Waals surface area (Å²) in [4.78, 5) is 0. The van der Waals surface area contributed by atoms with Crippen LogP contribution in [0.1, 0.15) is 30.9 Å². The molecule has 2 fully saturated rings. The predicted octanol–water partition coefficient (Wildman–Crippen LogP) is 1.41. The zero-order valence-corrected chi connectivity index (χ0v) is 7.55. The lowest BCUT2D eigenvalue weighted by Gasteiger charge is -1.90. The van der Waals surface area contributed by atoms with Gasteiger partial charge in [-0.2, -0.15) is 5.10 Å². The van der Waals surface area contributed by atoms with E-state index in [-0.39, 0.29) is 11.6 Å². The highest BCUT2D eigenvalue weighted by Gasteiger charge is 2.64. The summed E-state index contributed by atoms with van der Waals surface area (Å²) < 4.78 is 14.9. The average molecular weight is 181 g/mol. The van der Waals surface area contributed by atoms with Gasteiger partial charge in [0, 0.05) is 13.0 Å². The molecule has 0 aliphatic heterocycles. The van der Waals surface area contributed by atoms with E-state index in [0.717, 1.165) is 6.42 Å². The SMILES string of the molecule is Cn1nc(C2CC23CC3)c(F)c1N. The summed E-state index contributed by atoms with van der Waals surface area (Å²) in [5, 5.41) is 4.12. The van der Waals surface area contributed by atoms with Crippen molar-refractivity contribution in [1.82, 2.24) is 9.78 Å². The van der Waals surface area contributed by atoms with Crippen LogP contribution in [0.2, 0.25) is 0 Å². The van der Waals surface area contributed by atoms with Crippen molar-refractivity contribution in [2.24, 2.45) is 12.5 Å². The van der Waals surface area contributed by atoms with Crippen molar-refractivity contribution in [3.05, 3.63) is 11.5 Å². The quantitative estimate of drug-likeness (QED) is 0.711. The average Bonchev–Trinajstić information content (AvgIpc) is 3.00. The molecule has 0 aromatic carbocycles. The van der Waals surface area contributed by atoms with Crippen molar-refractivity contribution < 1.29 is 4.39 Å². The van der Waals surface area contributed by atoms with E-state index in [1.165, 1.54) is 17.5 Å². The monoisotopic (exact) mass is 181 g/mol. The Hall–Kier alpha value is -1.06. The van der Waals surface area contributed by atoms with Gasteiger partial charge < -0.3 is 5.73 Å². The van der Waals surface area contributed by atoms with Crippen molar-refractivity contribution in [2.45, 2.75) is 25.2 Å². The van der Waals surface area contributed by atoms with Crippen LogP contribution in [0, 0.1) is 11.2 Å². The maximum absolute atomic E-state index is 13.5. The fraction of sp³-hybridized carbons (Fsp3) is 0.667. The minimum absolute atomic E-state index is 0.165. The lowest BCUT2D eigenvalue weighted by molar-refractivity contribution is 0.608. The first-order valence-corrected chi connectivity index (χ1v) is 4.62. The number of rotatable bonds is 1. The Morgan fingerprint density at radius 1 is 1.62 bits per heavy atom. The number of nitrogens with two attached hydrogens (primary N) is 1. The summed E-state index contributed by atoms with van der Waals surface area (Å²) in [6, 6.07) is 0. The highest BCUT2D eigenvalue weighted by Crippen LogP contribution is 2.75. The molecule has 2 aliphatic rings. The van der Waals surface area contributed by atoms with Crippen molar-refractivity contribution in [1.29, 1.82) is 0 Å². The van der Waals surface area contributed by atoms with Crippen molar-refractivity contribution >= 4 is 5.82 Å². The van der Waals surface area contributed by atoms with E-state index in [9.17, 15) is 4.39 Å². The van der Waals surface area contributed by atoms with Gasteiger partial charge in [-0.05, 0) is 24.7 Å². The Kier molecular flexibility index (Phi) is 1.07. The minimum Gasteiger partial charge on any atom is -0.381 e. The number of hydrogen-bond donors (Lipinski definition) is 1. The summed E-state index contributed by atoms with van der Waals surface area (Å²) in [6.07, 6.45) is 3.60. The number of halogens is 1. The Labute approximate surface area is 75.7 Å². The van der Waals surface area contributed by atoms with Crippen LogP contribution >= 0.6 is 0 Å². The van der Waals surface area contributed by atoms with Gasteiger partial charge in [0.15, 0.2) is 11.6 Å². The molecule has 0 radical (unpaired) electrons. The molecule has 3 rings (SSSR count). The van der Waals surface area contributed by atoms with Crippen LogP contribution in [0.25, 0.3) is 0 Å². The van der Waals surface area contributed by atoms with E-state index in [2.05, 4.69) is 5.10 Å². The van der Waals surface area contributed by atoms with Crippen LogP contribution in [0.4, 0.5) is 10.2 Å². The Morgan fingerprint density at radius 2 is 2.31 bits per heavy atom. The molecule has 3 nitrogen and oxygen atoms in total. The Bertz CT molecular complexity index is 378. The normalized spacial score (nSPS) is 28.0. The highest BCUT2D eigenvalue weighted by atomic mass is 19.1. The molecule has 1 unspecified atom stereocenters. The van der Waals surface area contributed by atoms with Gasteiger partial charge in [-0.3, -0.25) is 4.68 Å². The molecule has 0 amide bonds. The van der Waals surface area contributed by atoms with Gasteiger partial charge in [-0.25, -0.2) is 4.39 Å². The summed E-state index contributed by atoms with van der Waals surface area (Å²) >= 11 is 0. The van der Waals surface area contributed by atoms with Crippen LogP contribution in [0.15, 0.2) is 0 Å². The summed E-state index contributed by atoms with van der Waals surface area (Å²) in [7, 11) is 1.68. The van der Waals surface area contributed by atoms with Gasteiger partial charge in [0.1, 0.15) is 5.69 Å². The molecule has 1 aromatic heterocycles. The number of aryl methyl sites for hydroxylation is 1. The lowest BCUT2D eigenvalue weighted by Crippen LogP contribution is -1.97. The second-order valence-corrected chi connectivity index (χ2v) is 4.33. The molecule has 1 aromatic rings. The van der Waals surface area contributed by atoms with Crippen molar-refractivity contribution in [3.63, 3.8) is 0 Å². The van der Waals surface area contributed by atoms with E-state index in [0.29, 0.717) is 17.0 Å². The summed E-state index contributed by atoms with van der Waals surface area (Å²) in [6.45, 7) is 0. The van der Waals surface area contributed by atoms with Gasteiger partial charge >= 0.3 is 0 Å². The van der Waals surface area contributed by atoms with E-state index in [1.54, 1.807) is 7.05 Å². The topological polar surface area (TPSA) is 43.8 Å². The summed E-state index contributed by atoms with van der Waals surface area (Å²) in [5.74, 6) is 0.227. The molecule has 70 valence electrons. The van der Waals surface area contributed by atoms with E-state index < -0.39 is 0 Å². The number of nitrogens with zero attached hydrogens (tertiary/aromatic N) is 2. The Balaban J connectivity index is 2.01. The number of anilines is 1. The van der Waals surface area contributed by atoms with Crippen molar-refractivity contribution in [3.8, 4) is 0 Å². The van der Waals surface area contributed by atoms with Gasteiger partial charge in [-0.1, -0.05) is 0 Å². The third kappa shape index (κ3) is 0.806. The molecular weight excluding hydrogens is 169 g/mol. The largest absolute Gasteiger partial charge is 0.381 e. The van der Waals surface area contributed by atoms with Crippen LogP contribution in [-0.2, 0) is 7.05 Å². The number of hydrogen-bond acceptors (Lipinski definition) is 2. The maximum Gasteiger partial charge on any atom is 0.188 e. The fourth-order valence-corrected chi connectivity index (χ4v) is 2.20. The standard InChI is InChI=1S/C9H12FN3/c1-13-8(11)6(10)7(12-13)5-4-9(5)2-3-9/h5H,2-4,11H2,1H3. The van der Waals surface area contributed by atoms with Crippen LogP contribution in [0.3, 0.4) is 0 Å². The second-order valence-electron chi connectivity index (χ2n) is 4.33. The van der Waals surface area contributed by atoms with Crippen LogP contribution < -0.4 is 5.73 Å². The number of nitrogen functional groups attached to an aromatic ring is 1. The molecule has 1 heterocycles. The molecule has 0 bridgehead atoms. The van der Waals surface area contributed by atoms with Crippen LogP contribution in [-0.4, -0.2) is 9.78 Å². The van der Waals surface area contributed by atoms with Crippen LogP contribution in [0.5, 0.6) is 0 Å². The van der Waals surface area contributed by atoms with Gasteiger partial charge in [-0.15, -0.1) is 0 Å². The minimum atomic E-state index is -0.295. The Morgan fingerprint density at radius 3 is 2.69 bits per heavy atom. The first-order valence-electron chi connectivity index (χ1n) is 4.62. The smallest absolute Gasteiger partial charge is 0.188 e. The van der Waals surface area contributed by atoms with Gasteiger partial charge in [0.05, 0.1) is 0 Å². The van der Waals surface area contributed by atoms with Gasteiger partial charge in [0.25, 0.3) is 0 Å². The molecule has 13 heavy (non-hydrogen) atoms. The van der Waals surface area contributed by atoms with E-state index in [4.69, 9.17) is 5.73 Å². The molecule has 1 atom stereocenters. The first kappa shape index (κ1) is 7.35. The third-order valence-electron chi connectivity index (χ3n) is 3.47. The maximum atomic E-state index is 13.5. The molecule has 4 heteroatoms.